The summed E-state index contributed by atoms with van der Waals surface area (Å²) in [5.41, 5.74) is 5.42. The molecule has 0 spiro atoms. The Morgan fingerprint density at radius 1 is 0.316 bits per heavy atom. The summed E-state index contributed by atoms with van der Waals surface area (Å²) < 4.78 is 33.3. The SMILES string of the molecule is CCCCCCC/C=C\C/C=C\C/C=C\CCCCCCCCCCCCCCCCCCCCC(=O)OC(COC(=O)CCCCCCCCCCCCCCCCCCCCCCCCCCCCCCC/C=C\CCCCCCCCCC)COP(=O)(O)OCCN. The number of phosphoric ester groups is 1. The largest absolute Gasteiger partial charge is 0.472 e. The van der Waals surface area contributed by atoms with Gasteiger partial charge in [-0.1, -0.05) is 409 Å². The van der Waals surface area contributed by atoms with Crippen LogP contribution >= 0.6 is 7.82 Å². The first-order valence-electron chi connectivity index (χ1n) is 42.1. The maximum Gasteiger partial charge on any atom is 0.472 e. The molecule has 560 valence electrons. The molecule has 0 aromatic rings. The van der Waals surface area contributed by atoms with Crippen LogP contribution in [0.3, 0.4) is 0 Å². The Balaban J connectivity index is 3.72. The van der Waals surface area contributed by atoms with Gasteiger partial charge in [-0.2, -0.15) is 0 Å². The van der Waals surface area contributed by atoms with Crippen molar-refractivity contribution >= 4 is 19.8 Å². The number of carbonyl (C=O) groups is 2. The molecule has 2 unspecified atom stereocenters. The Labute approximate surface area is 591 Å². The predicted octanol–water partition coefficient (Wildman–Crippen LogP) is 28.3. The van der Waals surface area contributed by atoms with E-state index in [2.05, 4.69) is 62.5 Å². The van der Waals surface area contributed by atoms with Crippen LogP contribution in [0.15, 0.2) is 48.6 Å². The molecule has 10 heteroatoms. The number of allylic oxidation sites excluding steroid dienone is 8. The van der Waals surface area contributed by atoms with Crippen molar-refractivity contribution in [1.29, 1.82) is 0 Å². The zero-order chi connectivity index (χ0) is 68.6. The van der Waals surface area contributed by atoms with Gasteiger partial charge in [-0.15, -0.1) is 0 Å². The van der Waals surface area contributed by atoms with E-state index in [4.69, 9.17) is 24.3 Å². The van der Waals surface area contributed by atoms with E-state index in [1.807, 2.05) is 0 Å². The third kappa shape index (κ3) is 80.8. The highest BCUT2D eigenvalue weighted by Gasteiger charge is 2.26. The summed E-state index contributed by atoms with van der Waals surface area (Å²) in [7, 11) is -4.40. The number of ether oxygens (including phenoxy) is 2. The molecule has 0 aromatic carbocycles. The first-order valence-corrected chi connectivity index (χ1v) is 43.6. The molecular weight excluding hydrogens is 1190 g/mol. The summed E-state index contributed by atoms with van der Waals surface area (Å²) in [6, 6.07) is 0. The van der Waals surface area contributed by atoms with Crippen molar-refractivity contribution in [3.63, 3.8) is 0 Å². The maximum atomic E-state index is 12.8. The van der Waals surface area contributed by atoms with Gasteiger partial charge in [-0.3, -0.25) is 18.6 Å². The topological polar surface area (TPSA) is 134 Å². The minimum atomic E-state index is -4.40. The highest BCUT2D eigenvalue weighted by atomic mass is 31.2. The minimum absolute atomic E-state index is 0.0558. The summed E-state index contributed by atoms with van der Waals surface area (Å²) in [5.74, 6) is -0.802. The van der Waals surface area contributed by atoms with Crippen molar-refractivity contribution in [3.8, 4) is 0 Å². The number of phosphoric acid groups is 1. The Morgan fingerprint density at radius 2 is 0.547 bits per heavy atom. The average Bonchev–Trinajstić information content (AvgIpc) is 3.25. The molecule has 0 radical (unpaired) electrons. The molecule has 0 saturated heterocycles. The average molecular weight is 1360 g/mol. The van der Waals surface area contributed by atoms with Crippen LogP contribution in [-0.2, 0) is 32.7 Å². The molecule has 0 heterocycles. The molecule has 9 nitrogen and oxygen atoms in total. The standard InChI is InChI=1S/C85H162NO8P/c1-3-5-7-9-11-13-15-17-19-21-23-25-27-29-31-33-35-37-38-39-40-41-42-43-44-46-47-49-51-53-55-57-59-61-63-65-67-69-71-73-75-77-84(87)91-81-83(82-93-95(89,90)92-80-79-86)94-85(88)78-76-74-72-70-68-66-64-62-60-58-56-54-52-50-48-45-36-34-32-30-28-26-24-22-20-18-16-14-12-10-8-6-4-2/h16,18,21-24,28,30,83H,3-15,17,19-20,25-27,29,31-82,86H2,1-2H3,(H,89,90)/b18-16-,23-21-,24-22-,30-28-. The molecule has 0 aliphatic carbocycles. The van der Waals surface area contributed by atoms with Crippen molar-refractivity contribution in [2.24, 2.45) is 5.73 Å². The van der Waals surface area contributed by atoms with Crippen molar-refractivity contribution in [2.45, 2.75) is 457 Å². The highest BCUT2D eigenvalue weighted by molar-refractivity contribution is 7.47. The molecule has 0 aromatic heterocycles. The molecule has 95 heavy (non-hydrogen) atoms. The molecule has 3 N–H and O–H groups in total. The van der Waals surface area contributed by atoms with Gasteiger partial charge in [0.15, 0.2) is 6.10 Å². The Morgan fingerprint density at radius 3 is 0.821 bits per heavy atom. The van der Waals surface area contributed by atoms with Gasteiger partial charge in [0.1, 0.15) is 6.61 Å². The number of hydrogen-bond donors (Lipinski definition) is 2. The third-order valence-electron chi connectivity index (χ3n) is 19.2. The zero-order valence-electron chi connectivity index (χ0n) is 63.4. The van der Waals surface area contributed by atoms with Crippen LogP contribution in [0.25, 0.3) is 0 Å². The molecule has 0 amide bonds. The predicted molar refractivity (Wildman–Crippen MR) is 413 cm³/mol. The molecule has 0 aliphatic rings. The quantitative estimate of drug-likeness (QED) is 0.0264. The fraction of sp³-hybridized carbons (Fsp3) is 0.882. The van der Waals surface area contributed by atoms with Gasteiger partial charge in [0, 0.05) is 19.4 Å². The first-order chi connectivity index (χ1) is 46.8. The second-order valence-electron chi connectivity index (χ2n) is 28.7. The van der Waals surface area contributed by atoms with E-state index in [1.165, 1.54) is 372 Å². The lowest BCUT2D eigenvalue weighted by molar-refractivity contribution is -0.161. The normalized spacial score (nSPS) is 13.0. The van der Waals surface area contributed by atoms with E-state index in [1.54, 1.807) is 0 Å². The molecule has 0 bridgehead atoms. The molecule has 0 aliphatic heterocycles. The van der Waals surface area contributed by atoms with Crippen LogP contribution in [0.4, 0.5) is 0 Å². The summed E-state index contributed by atoms with van der Waals surface area (Å²) in [5, 5.41) is 0. The number of unbranched alkanes of at least 4 members (excludes halogenated alkanes) is 60. The minimum Gasteiger partial charge on any atom is -0.462 e. The summed E-state index contributed by atoms with van der Waals surface area (Å²) in [6.45, 7) is 3.81. The molecule has 0 saturated carbocycles. The van der Waals surface area contributed by atoms with Crippen LogP contribution < -0.4 is 5.73 Å². The summed E-state index contributed by atoms with van der Waals surface area (Å²) >= 11 is 0. The Bertz CT molecular complexity index is 1700. The van der Waals surface area contributed by atoms with Crippen LogP contribution in [0.1, 0.15) is 450 Å². The number of carbonyl (C=O) groups excluding carboxylic acids is 2. The zero-order valence-corrected chi connectivity index (χ0v) is 64.3. The van der Waals surface area contributed by atoms with E-state index in [9.17, 15) is 19.0 Å². The highest BCUT2D eigenvalue weighted by Crippen LogP contribution is 2.43. The van der Waals surface area contributed by atoms with Crippen LogP contribution in [-0.4, -0.2) is 49.3 Å². The van der Waals surface area contributed by atoms with Crippen molar-refractivity contribution in [3.05, 3.63) is 48.6 Å². The lowest BCUT2D eigenvalue weighted by Gasteiger charge is -2.19. The van der Waals surface area contributed by atoms with E-state index in [-0.39, 0.29) is 38.6 Å². The molecule has 0 rings (SSSR count). The van der Waals surface area contributed by atoms with E-state index in [0.717, 1.165) is 44.9 Å². The summed E-state index contributed by atoms with van der Waals surface area (Å²) in [6.07, 6.45) is 106. The fourth-order valence-corrected chi connectivity index (χ4v) is 13.7. The van der Waals surface area contributed by atoms with Gasteiger partial charge in [0.05, 0.1) is 13.2 Å². The fourth-order valence-electron chi connectivity index (χ4n) is 12.9. The number of nitrogens with two attached hydrogens (primary N) is 1. The second kappa shape index (κ2) is 80.9. The van der Waals surface area contributed by atoms with Gasteiger partial charge < -0.3 is 20.1 Å². The van der Waals surface area contributed by atoms with Gasteiger partial charge in [-0.05, 0) is 77.0 Å². The van der Waals surface area contributed by atoms with E-state index >= 15 is 0 Å². The van der Waals surface area contributed by atoms with Crippen molar-refractivity contribution in [2.75, 3.05) is 26.4 Å². The van der Waals surface area contributed by atoms with Gasteiger partial charge in [-0.25, -0.2) is 4.57 Å². The second-order valence-corrected chi connectivity index (χ2v) is 30.2. The maximum absolute atomic E-state index is 12.8. The Hall–Kier alpha value is -2.03. The third-order valence-corrected chi connectivity index (χ3v) is 20.2. The lowest BCUT2D eigenvalue weighted by Crippen LogP contribution is -2.29. The lowest BCUT2D eigenvalue weighted by atomic mass is 10.0. The van der Waals surface area contributed by atoms with Crippen LogP contribution in [0.2, 0.25) is 0 Å². The molecular formula is C85H162NO8P. The van der Waals surface area contributed by atoms with Crippen molar-refractivity contribution < 1.29 is 37.6 Å². The smallest absolute Gasteiger partial charge is 0.462 e. The number of hydrogen-bond acceptors (Lipinski definition) is 8. The number of rotatable bonds is 81. The van der Waals surface area contributed by atoms with Gasteiger partial charge in [0.25, 0.3) is 0 Å². The monoisotopic (exact) mass is 1360 g/mol. The summed E-state index contributed by atoms with van der Waals surface area (Å²) in [4.78, 5) is 35.5. The first kappa shape index (κ1) is 93.0. The number of esters is 2. The van der Waals surface area contributed by atoms with Crippen LogP contribution in [0, 0.1) is 0 Å². The Kier molecular flexibility index (Phi) is 79.2. The van der Waals surface area contributed by atoms with E-state index < -0.39 is 26.5 Å². The molecule has 0 fully saturated rings. The molecule has 2 atom stereocenters. The van der Waals surface area contributed by atoms with Crippen LogP contribution in [0.5, 0.6) is 0 Å². The van der Waals surface area contributed by atoms with Gasteiger partial charge in [0.2, 0.25) is 0 Å². The van der Waals surface area contributed by atoms with Gasteiger partial charge >= 0.3 is 19.8 Å². The van der Waals surface area contributed by atoms with E-state index in [0.29, 0.717) is 6.42 Å². The van der Waals surface area contributed by atoms with Crippen molar-refractivity contribution in [1.82, 2.24) is 0 Å².